The summed E-state index contributed by atoms with van der Waals surface area (Å²) in [4.78, 5) is 22.7. The van der Waals surface area contributed by atoms with E-state index in [1.807, 2.05) is 48.5 Å². The molecule has 8 heteroatoms. The van der Waals surface area contributed by atoms with Gasteiger partial charge in [0.2, 0.25) is 5.69 Å². The third kappa shape index (κ3) is 3.69. The van der Waals surface area contributed by atoms with Crippen LogP contribution in [0.5, 0.6) is 11.5 Å². The molecule has 0 saturated heterocycles. The topological polar surface area (TPSA) is 110 Å². The van der Waals surface area contributed by atoms with Crippen molar-refractivity contribution in [3.8, 4) is 11.5 Å². The molecular formula is C18H16N4O4. The van der Waals surface area contributed by atoms with Crippen LogP contribution in [0, 0.1) is 17.0 Å². The van der Waals surface area contributed by atoms with E-state index in [1.165, 1.54) is 6.92 Å². The third-order valence-electron chi connectivity index (χ3n) is 3.70. The van der Waals surface area contributed by atoms with Gasteiger partial charge in [0.15, 0.2) is 0 Å². The number of para-hydroxylation sites is 2. The van der Waals surface area contributed by atoms with E-state index in [2.05, 4.69) is 15.5 Å². The molecule has 0 bridgehead atoms. The van der Waals surface area contributed by atoms with Crippen molar-refractivity contribution in [3.63, 3.8) is 0 Å². The summed E-state index contributed by atoms with van der Waals surface area (Å²) < 4.78 is 5.83. The van der Waals surface area contributed by atoms with Gasteiger partial charge in [-0.05, 0) is 25.1 Å². The van der Waals surface area contributed by atoms with Crippen LogP contribution in [0.3, 0.4) is 0 Å². The quantitative estimate of drug-likeness (QED) is 0.522. The first kappa shape index (κ1) is 17.2. The summed E-state index contributed by atoms with van der Waals surface area (Å²) in [5, 5.41) is 19.9. The number of carbonyl (C=O) groups is 1. The Hall–Kier alpha value is -3.68. The van der Waals surface area contributed by atoms with Crippen molar-refractivity contribution in [1.82, 2.24) is 15.5 Å². The minimum atomic E-state index is -0.629. The SMILES string of the molecule is Cc1[nH]nc(C(=O)NCc2ccccc2Oc2ccccc2)c1[N+](=O)[O-]. The lowest BCUT2D eigenvalue weighted by molar-refractivity contribution is -0.385. The molecule has 2 aromatic carbocycles. The fraction of sp³-hybridized carbons (Fsp3) is 0.111. The standard InChI is InChI=1S/C18H16N4O4/c1-12-17(22(24)25)16(21-20-12)18(23)19-11-13-7-5-6-10-15(13)26-14-8-3-2-4-9-14/h2-10H,11H2,1H3,(H,19,23)(H,20,21). The van der Waals surface area contributed by atoms with Crippen LogP contribution in [0.2, 0.25) is 0 Å². The van der Waals surface area contributed by atoms with Gasteiger partial charge >= 0.3 is 5.69 Å². The molecule has 0 unspecified atom stereocenters. The highest BCUT2D eigenvalue weighted by atomic mass is 16.6. The number of aromatic nitrogens is 2. The number of amides is 1. The van der Waals surface area contributed by atoms with E-state index in [4.69, 9.17) is 4.74 Å². The lowest BCUT2D eigenvalue weighted by Crippen LogP contribution is -2.24. The Kier molecular flexibility index (Phi) is 4.93. The number of nitrogens with one attached hydrogen (secondary N) is 2. The zero-order valence-electron chi connectivity index (χ0n) is 13.9. The minimum absolute atomic E-state index is 0.144. The molecule has 0 aliphatic heterocycles. The number of aryl methyl sites for hydroxylation is 1. The second kappa shape index (κ2) is 7.47. The molecule has 3 aromatic rings. The normalized spacial score (nSPS) is 10.3. The molecule has 0 atom stereocenters. The van der Waals surface area contributed by atoms with E-state index in [0.29, 0.717) is 11.5 Å². The van der Waals surface area contributed by atoms with Crippen molar-refractivity contribution in [3.05, 3.63) is 81.7 Å². The zero-order chi connectivity index (χ0) is 18.5. The summed E-state index contributed by atoms with van der Waals surface area (Å²) in [5.74, 6) is 0.632. The highest BCUT2D eigenvalue weighted by Crippen LogP contribution is 2.25. The number of nitrogens with zero attached hydrogens (tertiary/aromatic N) is 2. The van der Waals surface area contributed by atoms with Crippen molar-refractivity contribution in [2.75, 3.05) is 0 Å². The van der Waals surface area contributed by atoms with E-state index < -0.39 is 10.8 Å². The Morgan fingerprint density at radius 1 is 1.19 bits per heavy atom. The molecular weight excluding hydrogens is 336 g/mol. The summed E-state index contributed by atoms with van der Waals surface area (Å²) in [6.45, 7) is 1.63. The van der Waals surface area contributed by atoms with E-state index in [0.717, 1.165) is 5.56 Å². The largest absolute Gasteiger partial charge is 0.457 e. The molecule has 0 saturated carbocycles. The van der Waals surface area contributed by atoms with Crippen LogP contribution in [0.4, 0.5) is 5.69 Å². The Labute approximate surface area is 149 Å². The van der Waals surface area contributed by atoms with Gasteiger partial charge < -0.3 is 10.1 Å². The molecule has 2 N–H and O–H groups in total. The first-order valence-corrected chi connectivity index (χ1v) is 7.84. The molecule has 1 amide bonds. The Bertz CT molecular complexity index is 937. The smallest absolute Gasteiger partial charge is 0.322 e. The maximum absolute atomic E-state index is 12.3. The zero-order valence-corrected chi connectivity index (χ0v) is 13.9. The van der Waals surface area contributed by atoms with Gasteiger partial charge in [0.05, 0.1) is 4.92 Å². The number of benzene rings is 2. The predicted molar refractivity (Wildman–Crippen MR) is 94.1 cm³/mol. The Morgan fingerprint density at radius 2 is 1.88 bits per heavy atom. The third-order valence-corrected chi connectivity index (χ3v) is 3.70. The first-order chi connectivity index (χ1) is 12.6. The molecule has 8 nitrogen and oxygen atoms in total. The van der Waals surface area contributed by atoms with Crippen LogP contribution in [-0.4, -0.2) is 21.0 Å². The molecule has 0 fully saturated rings. The van der Waals surface area contributed by atoms with E-state index in [9.17, 15) is 14.9 Å². The van der Waals surface area contributed by atoms with Crippen LogP contribution in [0.1, 0.15) is 21.7 Å². The molecule has 1 heterocycles. The average molecular weight is 352 g/mol. The summed E-state index contributed by atoms with van der Waals surface area (Å²) in [7, 11) is 0. The maximum atomic E-state index is 12.3. The van der Waals surface area contributed by atoms with Gasteiger partial charge in [0.1, 0.15) is 17.2 Å². The van der Waals surface area contributed by atoms with E-state index in [-0.39, 0.29) is 23.6 Å². The monoisotopic (exact) mass is 352 g/mol. The summed E-state index contributed by atoms with van der Waals surface area (Å²) >= 11 is 0. The molecule has 0 spiro atoms. The Morgan fingerprint density at radius 3 is 2.62 bits per heavy atom. The lowest BCUT2D eigenvalue weighted by atomic mass is 10.2. The fourth-order valence-corrected chi connectivity index (χ4v) is 2.43. The van der Waals surface area contributed by atoms with Crippen molar-refractivity contribution in [2.24, 2.45) is 0 Å². The maximum Gasteiger partial charge on any atom is 0.322 e. The van der Waals surface area contributed by atoms with E-state index >= 15 is 0 Å². The molecule has 0 radical (unpaired) electrons. The van der Waals surface area contributed by atoms with Gasteiger partial charge in [-0.3, -0.25) is 20.0 Å². The van der Waals surface area contributed by atoms with Gasteiger partial charge in [-0.1, -0.05) is 36.4 Å². The van der Waals surface area contributed by atoms with Gasteiger partial charge in [-0.2, -0.15) is 5.10 Å². The number of hydrogen-bond acceptors (Lipinski definition) is 5. The molecule has 26 heavy (non-hydrogen) atoms. The first-order valence-electron chi connectivity index (χ1n) is 7.84. The van der Waals surface area contributed by atoms with Crippen LogP contribution in [0.15, 0.2) is 54.6 Å². The number of H-pyrrole nitrogens is 1. The summed E-state index contributed by atoms with van der Waals surface area (Å²) in [6, 6.07) is 16.5. The summed E-state index contributed by atoms with van der Waals surface area (Å²) in [5.41, 5.74) is 0.401. The van der Waals surface area contributed by atoms with Crippen molar-refractivity contribution >= 4 is 11.6 Å². The van der Waals surface area contributed by atoms with Gasteiger partial charge in [0.25, 0.3) is 5.91 Å². The van der Waals surface area contributed by atoms with Crippen molar-refractivity contribution < 1.29 is 14.5 Å². The van der Waals surface area contributed by atoms with Gasteiger partial charge in [-0.25, -0.2) is 0 Å². The van der Waals surface area contributed by atoms with Crippen LogP contribution >= 0.6 is 0 Å². The number of ether oxygens (including phenoxy) is 1. The number of carbonyl (C=O) groups excluding carboxylic acids is 1. The van der Waals surface area contributed by atoms with Crippen LogP contribution in [0.25, 0.3) is 0 Å². The second-order valence-corrected chi connectivity index (χ2v) is 5.51. The van der Waals surface area contributed by atoms with E-state index in [1.54, 1.807) is 6.07 Å². The van der Waals surface area contributed by atoms with Gasteiger partial charge in [-0.15, -0.1) is 0 Å². The average Bonchev–Trinajstić information content (AvgIpc) is 3.03. The second-order valence-electron chi connectivity index (χ2n) is 5.51. The number of nitro groups is 1. The number of aromatic amines is 1. The number of rotatable bonds is 6. The molecule has 0 aliphatic rings. The van der Waals surface area contributed by atoms with Crippen molar-refractivity contribution in [1.29, 1.82) is 0 Å². The molecule has 132 valence electrons. The fourth-order valence-electron chi connectivity index (χ4n) is 2.43. The highest BCUT2D eigenvalue weighted by molar-refractivity contribution is 5.96. The Balaban J connectivity index is 1.74. The summed E-state index contributed by atoms with van der Waals surface area (Å²) in [6.07, 6.45) is 0. The van der Waals surface area contributed by atoms with Crippen LogP contribution < -0.4 is 10.1 Å². The highest BCUT2D eigenvalue weighted by Gasteiger charge is 2.27. The lowest BCUT2D eigenvalue weighted by Gasteiger charge is -2.11. The van der Waals surface area contributed by atoms with Crippen LogP contribution in [-0.2, 0) is 6.54 Å². The minimum Gasteiger partial charge on any atom is -0.457 e. The number of hydrogen-bond donors (Lipinski definition) is 2. The molecule has 1 aromatic heterocycles. The molecule has 0 aliphatic carbocycles. The van der Waals surface area contributed by atoms with Crippen molar-refractivity contribution in [2.45, 2.75) is 13.5 Å². The van der Waals surface area contributed by atoms with Gasteiger partial charge in [0, 0.05) is 12.1 Å². The predicted octanol–water partition coefficient (Wildman–Crippen LogP) is 3.35. The molecule has 3 rings (SSSR count).